The Morgan fingerprint density at radius 2 is 1.57 bits per heavy atom. The number of hydrogen-bond donors (Lipinski definition) is 1. The molecule has 0 atom stereocenters. The molecule has 1 aliphatic heterocycles. The highest BCUT2D eigenvalue weighted by Crippen LogP contribution is 2.25. The van der Waals surface area contributed by atoms with Gasteiger partial charge in [-0.15, -0.1) is 0 Å². The van der Waals surface area contributed by atoms with Crippen molar-refractivity contribution < 1.29 is 14.0 Å². The van der Waals surface area contributed by atoms with Crippen LogP contribution in [-0.4, -0.2) is 34.4 Å². The van der Waals surface area contributed by atoms with Gasteiger partial charge in [-0.3, -0.25) is 14.3 Å². The maximum Gasteiger partial charge on any atom is 0.170 e. The Morgan fingerprint density at radius 1 is 0.925 bits per heavy atom. The number of carbonyl (C=O) groups excluding carboxylic acids is 2. The fourth-order valence-corrected chi connectivity index (χ4v) is 5.20. The number of rotatable bonds is 9. The lowest BCUT2D eigenvalue weighted by molar-refractivity contribution is 0.0984. The first-order valence-electron chi connectivity index (χ1n) is 13.8. The minimum atomic E-state index is -0.435. The quantitative estimate of drug-likeness (QED) is 0.240. The van der Waals surface area contributed by atoms with E-state index < -0.39 is 5.82 Å². The molecule has 4 aromatic rings. The van der Waals surface area contributed by atoms with E-state index in [9.17, 15) is 14.0 Å². The van der Waals surface area contributed by atoms with Gasteiger partial charge in [0.2, 0.25) is 0 Å². The van der Waals surface area contributed by atoms with Crippen molar-refractivity contribution in [1.29, 1.82) is 0 Å². The molecular weight excluding hydrogens is 503 g/mol. The van der Waals surface area contributed by atoms with Crippen LogP contribution in [0.4, 0.5) is 21.5 Å². The van der Waals surface area contributed by atoms with E-state index in [1.165, 1.54) is 24.6 Å². The van der Waals surface area contributed by atoms with Gasteiger partial charge >= 0.3 is 0 Å². The summed E-state index contributed by atoms with van der Waals surface area (Å²) in [5, 5.41) is 7.29. The third-order valence-corrected chi connectivity index (χ3v) is 7.65. The average molecular weight is 539 g/mol. The number of Topliss-reactive ketones (excluding diaryl/α,β-unsaturated/α-hetero) is 2. The predicted octanol–water partition coefficient (Wildman–Crippen LogP) is 6.70. The van der Waals surface area contributed by atoms with E-state index in [0.717, 1.165) is 24.6 Å². The molecule has 0 saturated carbocycles. The van der Waals surface area contributed by atoms with E-state index in [1.807, 2.05) is 48.5 Å². The molecule has 6 nitrogen and oxygen atoms in total. The smallest absolute Gasteiger partial charge is 0.170 e. The van der Waals surface area contributed by atoms with Crippen molar-refractivity contribution in [2.24, 2.45) is 13.0 Å². The van der Waals surface area contributed by atoms with Crippen molar-refractivity contribution in [3.63, 3.8) is 0 Å². The Balaban J connectivity index is 1.16. The molecule has 0 aliphatic carbocycles. The van der Waals surface area contributed by atoms with E-state index in [-0.39, 0.29) is 18.0 Å². The number of anilines is 3. The predicted molar refractivity (Wildman–Crippen MR) is 157 cm³/mol. The van der Waals surface area contributed by atoms with Crippen molar-refractivity contribution in [2.45, 2.75) is 39.5 Å². The SMILES string of the molecule is Cc1nn(C)cc1C(=O)Cc1ccc(Nc2ccc(CC(=O)c3ccc(N4CCC(C)CC4)cc3)cc2)c(F)c1. The van der Waals surface area contributed by atoms with Crippen LogP contribution in [0.25, 0.3) is 0 Å². The second kappa shape index (κ2) is 11.9. The van der Waals surface area contributed by atoms with E-state index in [0.29, 0.717) is 40.2 Å². The molecular formula is C33H35FN4O2. The van der Waals surface area contributed by atoms with Gasteiger partial charge in [-0.05, 0) is 85.3 Å². The molecule has 1 saturated heterocycles. The summed E-state index contributed by atoms with van der Waals surface area (Å²) in [7, 11) is 1.77. The van der Waals surface area contributed by atoms with Crippen LogP contribution in [0, 0.1) is 18.7 Å². The first kappa shape index (κ1) is 27.3. The van der Waals surface area contributed by atoms with Crippen LogP contribution in [0.15, 0.2) is 72.9 Å². The molecule has 0 spiro atoms. The highest BCUT2D eigenvalue weighted by Gasteiger charge is 2.17. The van der Waals surface area contributed by atoms with Crippen molar-refractivity contribution >= 4 is 28.6 Å². The Kier molecular flexibility index (Phi) is 8.10. The van der Waals surface area contributed by atoms with Crippen LogP contribution in [-0.2, 0) is 19.9 Å². The van der Waals surface area contributed by atoms with Gasteiger partial charge in [0.1, 0.15) is 5.82 Å². The Morgan fingerprint density at radius 3 is 2.20 bits per heavy atom. The van der Waals surface area contributed by atoms with Gasteiger partial charge < -0.3 is 10.2 Å². The first-order chi connectivity index (χ1) is 19.2. The van der Waals surface area contributed by atoms with Gasteiger partial charge in [-0.25, -0.2) is 4.39 Å². The molecule has 2 heterocycles. The summed E-state index contributed by atoms with van der Waals surface area (Å²) in [6.07, 6.45) is 4.50. The minimum absolute atomic E-state index is 0.0668. The molecule has 40 heavy (non-hydrogen) atoms. The van der Waals surface area contributed by atoms with Crippen LogP contribution in [0.3, 0.4) is 0 Å². The standard InChI is InChI=1S/C33H35FN4O2/c1-22-14-16-38(17-15-22)28-11-7-26(8-12-28)32(39)19-24-4-9-27(10-5-24)35-31-13-6-25(18-30(31)34)20-33(40)29-21-37(3)36-23(29)2/h4-13,18,21-22,35H,14-17,19-20H2,1-3H3. The second-order valence-electron chi connectivity index (χ2n) is 10.9. The summed E-state index contributed by atoms with van der Waals surface area (Å²) in [6, 6.07) is 20.1. The number of benzene rings is 3. The van der Waals surface area contributed by atoms with Crippen LogP contribution >= 0.6 is 0 Å². The summed E-state index contributed by atoms with van der Waals surface area (Å²) in [4.78, 5) is 27.9. The Hall–Kier alpha value is -4.26. The lowest BCUT2D eigenvalue weighted by Crippen LogP contribution is -2.32. The van der Waals surface area contributed by atoms with Crippen LogP contribution in [0.1, 0.15) is 57.3 Å². The molecule has 0 amide bonds. The monoisotopic (exact) mass is 538 g/mol. The summed E-state index contributed by atoms with van der Waals surface area (Å²) in [6.45, 7) is 6.22. The number of hydrogen-bond acceptors (Lipinski definition) is 5. The topological polar surface area (TPSA) is 67.2 Å². The van der Waals surface area contributed by atoms with Crippen LogP contribution in [0.5, 0.6) is 0 Å². The number of piperidine rings is 1. The second-order valence-corrected chi connectivity index (χ2v) is 10.9. The van der Waals surface area contributed by atoms with Crippen molar-refractivity contribution in [3.05, 3.63) is 107 Å². The molecule has 0 bridgehead atoms. The molecule has 3 aromatic carbocycles. The molecule has 0 radical (unpaired) electrons. The number of aromatic nitrogens is 2. The van der Waals surface area contributed by atoms with Crippen molar-refractivity contribution in [3.8, 4) is 0 Å². The summed E-state index contributed by atoms with van der Waals surface area (Å²) in [5.41, 5.74) is 5.62. The van der Waals surface area contributed by atoms with Crippen LogP contribution < -0.4 is 10.2 Å². The van der Waals surface area contributed by atoms with Gasteiger partial charge in [0.25, 0.3) is 0 Å². The Bertz CT molecular complexity index is 1500. The summed E-state index contributed by atoms with van der Waals surface area (Å²) in [5.74, 6) is 0.318. The molecule has 1 fully saturated rings. The molecule has 1 aromatic heterocycles. The molecule has 1 aliphatic rings. The fraction of sp³-hybridized carbons (Fsp3) is 0.303. The molecule has 1 N–H and O–H groups in total. The normalized spacial score (nSPS) is 13.8. The minimum Gasteiger partial charge on any atom is -0.372 e. The van der Waals surface area contributed by atoms with Gasteiger partial charge in [0, 0.05) is 56.1 Å². The van der Waals surface area contributed by atoms with Crippen molar-refractivity contribution in [2.75, 3.05) is 23.3 Å². The van der Waals surface area contributed by atoms with Crippen molar-refractivity contribution in [1.82, 2.24) is 9.78 Å². The highest BCUT2D eigenvalue weighted by atomic mass is 19.1. The average Bonchev–Trinajstić information content (AvgIpc) is 3.29. The number of aryl methyl sites for hydroxylation is 2. The number of carbonyl (C=O) groups is 2. The lowest BCUT2D eigenvalue weighted by atomic mass is 9.98. The van der Waals surface area contributed by atoms with E-state index in [2.05, 4.69) is 22.2 Å². The largest absolute Gasteiger partial charge is 0.372 e. The third kappa shape index (κ3) is 6.47. The third-order valence-electron chi connectivity index (χ3n) is 7.65. The van der Waals surface area contributed by atoms with Crippen LogP contribution in [0.2, 0.25) is 0 Å². The zero-order valence-corrected chi connectivity index (χ0v) is 23.3. The summed E-state index contributed by atoms with van der Waals surface area (Å²) >= 11 is 0. The lowest BCUT2D eigenvalue weighted by Gasteiger charge is -2.32. The zero-order chi connectivity index (χ0) is 28.2. The van der Waals surface area contributed by atoms with E-state index >= 15 is 0 Å². The zero-order valence-electron chi connectivity index (χ0n) is 23.3. The first-order valence-corrected chi connectivity index (χ1v) is 13.8. The molecule has 5 rings (SSSR count). The van der Waals surface area contributed by atoms with Gasteiger partial charge in [-0.2, -0.15) is 5.10 Å². The number of nitrogens with zero attached hydrogens (tertiary/aromatic N) is 3. The number of halogens is 1. The Labute approximate surface area is 234 Å². The van der Waals surface area contributed by atoms with Gasteiger partial charge in [0.15, 0.2) is 11.6 Å². The number of ketones is 2. The number of nitrogens with one attached hydrogen (secondary N) is 1. The molecule has 0 unspecified atom stereocenters. The molecule has 7 heteroatoms. The van der Waals surface area contributed by atoms with E-state index in [1.54, 1.807) is 37.0 Å². The maximum atomic E-state index is 14.8. The summed E-state index contributed by atoms with van der Waals surface area (Å²) < 4.78 is 16.4. The van der Waals surface area contributed by atoms with E-state index in [4.69, 9.17) is 0 Å². The van der Waals surface area contributed by atoms with Gasteiger partial charge in [-0.1, -0.05) is 25.1 Å². The fourth-order valence-electron chi connectivity index (χ4n) is 5.20. The highest BCUT2D eigenvalue weighted by molar-refractivity contribution is 5.98. The maximum absolute atomic E-state index is 14.8. The van der Waals surface area contributed by atoms with Gasteiger partial charge in [0.05, 0.1) is 16.9 Å². The molecule has 206 valence electrons.